The third-order valence-electron chi connectivity index (χ3n) is 5.13. The van der Waals surface area contributed by atoms with Gasteiger partial charge in [-0.05, 0) is 47.6 Å². The van der Waals surface area contributed by atoms with Gasteiger partial charge in [0.25, 0.3) is 11.1 Å². The van der Waals surface area contributed by atoms with Gasteiger partial charge in [-0.25, -0.2) is 0 Å². The molecule has 28 heavy (non-hydrogen) atoms. The molecule has 0 spiro atoms. The van der Waals surface area contributed by atoms with Gasteiger partial charge in [0, 0.05) is 22.9 Å². The Balaban J connectivity index is 1.54. The van der Waals surface area contributed by atoms with Gasteiger partial charge in [0.05, 0.1) is 5.56 Å². The van der Waals surface area contributed by atoms with Gasteiger partial charge in [0.15, 0.2) is 0 Å². The van der Waals surface area contributed by atoms with Crippen molar-refractivity contribution in [3.8, 4) is 11.5 Å². The summed E-state index contributed by atoms with van der Waals surface area (Å²) in [4.78, 5) is 3.25. The quantitative estimate of drug-likeness (QED) is 0.408. The third-order valence-corrected chi connectivity index (χ3v) is 5.97. The van der Waals surface area contributed by atoms with Gasteiger partial charge < -0.3 is 9.40 Å². The number of H-pyrrole nitrogens is 1. The van der Waals surface area contributed by atoms with E-state index in [1.807, 2.05) is 24.4 Å². The van der Waals surface area contributed by atoms with Crippen LogP contribution in [0.2, 0.25) is 0 Å². The number of para-hydroxylation sites is 1. The maximum absolute atomic E-state index is 5.94. The average molecular weight is 392 g/mol. The highest BCUT2D eigenvalue weighted by Crippen LogP contribution is 2.33. The van der Waals surface area contributed by atoms with Gasteiger partial charge in [-0.2, -0.15) is 0 Å². The number of nitrogens with one attached hydrogen (secondary N) is 1. The van der Waals surface area contributed by atoms with Crippen LogP contribution in [0.3, 0.4) is 0 Å². The standard InChI is InChI=1S/C23H25N3OS/c1-14-10-16(23(3,4)5)11-15(2)19(14)13-28-22-26-25-21(27-22)18-12-24-20-9-7-6-8-17(18)20/h6-12,24H,13H2,1-5H3. The Morgan fingerprint density at radius 1 is 1.04 bits per heavy atom. The molecule has 0 saturated carbocycles. The second kappa shape index (κ2) is 7.13. The van der Waals surface area contributed by atoms with Crippen LogP contribution in [0.25, 0.3) is 22.4 Å². The number of fused-ring (bicyclic) bond motifs is 1. The van der Waals surface area contributed by atoms with E-state index in [1.54, 1.807) is 11.8 Å². The molecule has 144 valence electrons. The highest BCUT2D eigenvalue weighted by atomic mass is 32.2. The fourth-order valence-electron chi connectivity index (χ4n) is 3.41. The first-order valence-electron chi connectivity index (χ1n) is 9.46. The number of aromatic nitrogens is 3. The molecule has 2 aromatic carbocycles. The van der Waals surface area contributed by atoms with Crippen molar-refractivity contribution in [1.82, 2.24) is 15.2 Å². The zero-order valence-electron chi connectivity index (χ0n) is 17.0. The summed E-state index contributed by atoms with van der Waals surface area (Å²) in [5, 5.41) is 10.2. The van der Waals surface area contributed by atoms with Gasteiger partial charge in [-0.15, -0.1) is 10.2 Å². The minimum Gasteiger partial charge on any atom is -0.411 e. The Labute approximate surface area is 169 Å². The molecular formula is C23H25N3OS. The second-order valence-corrected chi connectivity index (χ2v) is 9.17. The summed E-state index contributed by atoms with van der Waals surface area (Å²) in [5.41, 5.74) is 7.50. The van der Waals surface area contributed by atoms with Crippen LogP contribution in [0, 0.1) is 13.8 Å². The highest BCUT2D eigenvalue weighted by molar-refractivity contribution is 7.98. The van der Waals surface area contributed by atoms with Gasteiger partial charge in [-0.3, -0.25) is 0 Å². The largest absolute Gasteiger partial charge is 0.411 e. The van der Waals surface area contributed by atoms with Crippen LogP contribution < -0.4 is 0 Å². The molecule has 2 heterocycles. The Morgan fingerprint density at radius 2 is 1.75 bits per heavy atom. The molecule has 0 bridgehead atoms. The minimum absolute atomic E-state index is 0.155. The van der Waals surface area contributed by atoms with E-state index in [0.717, 1.165) is 22.2 Å². The van der Waals surface area contributed by atoms with Crippen molar-refractivity contribution in [2.75, 3.05) is 0 Å². The van der Waals surface area contributed by atoms with Crippen LogP contribution >= 0.6 is 11.8 Å². The topological polar surface area (TPSA) is 54.7 Å². The van der Waals surface area contributed by atoms with E-state index in [1.165, 1.54) is 22.3 Å². The molecule has 4 nitrogen and oxygen atoms in total. The molecule has 0 saturated heterocycles. The monoisotopic (exact) mass is 391 g/mol. The van der Waals surface area contributed by atoms with Crippen LogP contribution in [-0.4, -0.2) is 15.2 Å². The molecule has 2 aromatic heterocycles. The van der Waals surface area contributed by atoms with Gasteiger partial charge in [0.2, 0.25) is 0 Å². The van der Waals surface area contributed by atoms with Crippen LogP contribution in [0.1, 0.15) is 43.0 Å². The molecule has 0 amide bonds. The molecule has 4 rings (SSSR count). The molecule has 0 aliphatic rings. The van der Waals surface area contributed by atoms with E-state index in [0.29, 0.717) is 11.1 Å². The summed E-state index contributed by atoms with van der Waals surface area (Å²) >= 11 is 1.59. The summed E-state index contributed by atoms with van der Waals surface area (Å²) in [5.74, 6) is 1.37. The molecule has 0 atom stereocenters. The lowest BCUT2D eigenvalue weighted by Crippen LogP contribution is -2.12. The van der Waals surface area contributed by atoms with Crippen LogP contribution in [0.5, 0.6) is 0 Å². The van der Waals surface area contributed by atoms with Crippen molar-refractivity contribution in [1.29, 1.82) is 0 Å². The summed E-state index contributed by atoms with van der Waals surface area (Å²) in [6, 6.07) is 12.7. The maximum Gasteiger partial charge on any atom is 0.277 e. The highest BCUT2D eigenvalue weighted by Gasteiger charge is 2.18. The van der Waals surface area contributed by atoms with E-state index in [4.69, 9.17) is 4.42 Å². The molecule has 5 heteroatoms. The number of nitrogens with zero attached hydrogens (tertiary/aromatic N) is 2. The maximum atomic E-state index is 5.94. The molecule has 1 N–H and O–H groups in total. The second-order valence-electron chi connectivity index (χ2n) is 8.25. The van der Waals surface area contributed by atoms with Crippen LogP contribution in [-0.2, 0) is 11.2 Å². The summed E-state index contributed by atoms with van der Waals surface area (Å²) in [7, 11) is 0. The average Bonchev–Trinajstić information content (AvgIpc) is 3.26. The van der Waals surface area contributed by atoms with Crippen molar-refractivity contribution >= 4 is 22.7 Å². The van der Waals surface area contributed by atoms with Crippen molar-refractivity contribution in [2.24, 2.45) is 0 Å². The van der Waals surface area contributed by atoms with E-state index in [9.17, 15) is 0 Å². The molecular weight excluding hydrogens is 366 g/mol. The summed E-state index contributed by atoms with van der Waals surface area (Å²) in [6.45, 7) is 11.1. The van der Waals surface area contributed by atoms with Crippen LogP contribution in [0.15, 0.2) is 52.2 Å². The van der Waals surface area contributed by atoms with Gasteiger partial charge >= 0.3 is 0 Å². The molecule has 0 fully saturated rings. The van der Waals surface area contributed by atoms with E-state index < -0.39 is 0 Å². The molecule has 0 radical (unpaired) electrons. The Kier molecular flexibility index (Phi) is 4.79. The fraction of sp³-hybridized carbons (Fsp3) is 0.304. The van der Waals surface area contributed by atoms with E-state index in [-0.39, 0.29) is 5.41 Å². The van der Waals surface area contributed by atoms with E-state index in [2.05, 4.69) is 68.0 Å². The Morgan fingerprint density at radius 3 is 2.46 bits per heavy atom. The first-order chi connectivity index (χ1) is 13.3. The van der Waals surface area contributed by atoms with Crippen LogP contribution in [0.4, 0.5) is 0 Å². The molecule has 0 unspecified atom stereocenters. The Bertz CT molecular complexity index is 1110. The summed E-state index contributed by atoms with van der Waals surface area (Å²) in [6.07, 6.45) is 1.92. The molecule has 4 aromatic rings. The zero-order valence-corrected chi connectivity index (χ0v) is 17.8. The zero-order chi connectivity index (χ0) is 19.9. The number of benzene rings is 2. The lowest BCUT2D eigenvalue weighted by Gasteiger charge is -2.22. The van der Waals surface area contributed by atoms with Crippen molar-refractivity contribution in [2.45, 2.75) is 51.0 Å². The lowest BCUT2D eigenvalue weighted by atomic mass is 9.84. The number of aryl methyl sites for hydroxylation is 2. The minimum atomic E-state index is 0.155. The van der Waals surface area contributed by atoms with E-state index >= 15 is 0 Å². The predicted octanol–water partition coefficient (Wildman–Crippen LogP) is 6.42. The SMILES string of the molecule is Cc1cc(C(C)(C)C)cc(C)c1CSc1nnc(-c2c[nH]c3ccccc23)o1. The van der Waals surface area contributed by atoms with Gasteiger partial charge in [-0.1, -0.05) is 62.9 Å². The number of thioether (sulfide) groups is 1. The normalized spacial score (nSPS) is 12.0. The molecule has 0 aliphatic carbocycles. The first kappa shape index (κ1) is 18.8. The van der Waals surface area contributed by atoms with Crippen molar-refractivity contribution in [3.63, 3.8) is 0 Å². The van der Waals surface area contributed by atoms with Crippen molar-refractivity contribution < 1.29 is 4.42 Å². The first-order valence-corrected chi connectivity index (χ1v) is 10.4. The third kappa shape index (κ3) is 3.59. The number of aromatic amines is 1. The smallest absolute Gasteiger partial charge is 0.277 e. The van der Waals surface area contributed by atoms with Gasteiger partial charge in [0.1, 0.15) is 0 Å². The number of hydrogen-bond acceptors (Lipinski definition) is 4. The number of hydrogen-bond donors (Lipinski definition) is 1. The summed E-state index contributed by atoms with van der Waals surface area (Å²) < 4.78 is 5.94. The van der Waals surface area contributed by atoms with Crippen molar-refractivity contribution in [3.05, 3.63) is 64.8 Å². The lowest BCUT2D eigenvalue weighted by molar-refractivity contribution is 0.466. The molecule has 0 aliphatic heterocycles. The Hall–Kier alpha value is -2.53. The number of rotatable bonds is 4. The predicted molar refractivity (Wildman–Crippen MR) is 116 cm³/mol. The fourth-order valence-corrected chi connectivity index (χ4v) is 4.37.